The number of rotatable bonds is 5. The van der Waals surface area contributed by atoms with Crippen molar-refractivity contribution in [3.05, 3.63) is 69.1 Å². The third-order valence-electron chi connectivity index (χ3n) is 5.45. The minimum Gasteiger partial charge on any atom is -0.477 e. The summed E-state index contributed by atoms with van der Waals surface area (Å²) in [7, 11) is 1.82. The maximum atomic E-state index is 12.7. The molecule has 3 aromatic rings. The first-order valence-corrected chi connectivity index (χ1v) is 9.21. The Kier molecular flexibility index (Phi) is 4.26. The molecule has 28 heavy (non-hydrogen) atoms. The summed E-state index contributed by atoms with van der Waals surface area (Å²) in [6.45, 7) is 1.96. The molecule has 0 radical (unpaired) electrons. The summed E-state index contributed by atoms with van der Waals surface area (Å²) >= 11 is 0. The van der Waals surface area contributed by atoms with Crippen LogP contribution in [0.5, 0.6) is 0 Å². The molecule has 0 aliphatic heterocycles. The summed E-state index contributed by atoms with van der Waals surface area (Å²) in [4.78, 5) is 24.2. The van der Waals surface area contributed by atoms with Crippen molar-refractivity contribution in [1.82, 2.24) is 4.40 Å². The number of hydrogen-bond acceptors (Lipinski definition) is 4. The van der Waals surface area contributed by atoms with Crippen molar-refractivity contribution in [2.75, 3.05) is 12.4 Å². The van der Waals surface area contributed by atoms with Crippen molar-refractivity contribution >= 4 is 23.4 Å². The number of anilines is 1. The van der Waals surface area contributed by atoms with Crippen LogP contribution in [0.15, 0.2) is 41.3 Å². The van der Waals surface area contributed by atoms with Gasteiger partial charge in [0.05, 0.1) is 5.52 Å². The van der Waals surface area contributed by atoms with Crippen LogP contribution < -0.4 is 10.9 Å². The molecule has 0 atom stereocenters. The zero-order valence-corrected chi connectivity index (χ0v) is 15.7. The van der Waals surface area contributed by atoms with Crippen LogP contribution in [0.2, 0.25) is 0 Å². The summed E-state index contributed by atoms with van der Waals surface area (Å²) in [5, 5.41) is 20.2. The van der Waals surface area contributed by atoms with Crippen LogP contribution in [0.3, 0.4) is 0 Å². The van der Waals surface area contributed by atoms with Crippen molar-refractivity contribution in [2.24, 2.45) is 0 Å². The number of aromatic nitrogens is 1. The molecule has 1 fully saturated rings. The number of hydrogen-bond donors (Lipinski definition) is 3. The molecule has 1 aliphatic rings. The molecule has 0 spiro atoms. The Morgan fingerprint density at radius 1 is 1.29 bits per heavy atom. The van der Waals surface area contributed by atoms with Crippen molar-refractivity contribution in [3.8, 4) is 11.1 Å². The molecule has 2 heterocycles. The van der Waals surface area contributed by atoms with Crippen LogP contribution in [0.1, 0.15) is 45.8 Å². The largest absolute Gasteiger partial charge is 0.477 e. The third-order valence-corrected chi connectivity index (χ3v) is 5.45. The van der Waals surface area contributed by atoms with E-state index in [9.17, 15) is 14.7 Å². The molecule has 0 saturated heterocycles. The summed E-state index contributed by atoms with van der Waals surface area (Å²) in [5.41, 5.74) is 5.54. The van der Waals surface area contributed by atoms with Gasteiger partial charge >= 0.3 is 5.97 Å². The van der Waals surface area contributed by atoms with Crippen molar-refractivity contribution in [3.63, 3.8) is 0 Å². The predicted molar refractivity (Wildman–Crippen MR) is 110 cm³/mol. The highest BCUT2D eigenvalue weighted by Gasteiger charge is 2.29. The minimum absolute atomic E-state index is 0.184. The second-order valence-electron chi connectivity index (χ2n) is 7.17. The van der Waals surface area contributed by atoms with E-state index in [1.807, 2.05) is 38.2 Å². The van der Waals surface area contributed by atoms with Gasteiger partial charge in [-0.25, -0.2) is 4.79 Å². The van der Waals surface area contributed by atoms with Gasteiger partial charge in [-0.3, -0.25) is 9.20 Å². The number of carboxylic acids is 1. The molecular weight excluding hydrogens is 354 g/mol. The van der Waals surface area contributed by atoms with E-state index in [1.54, 1.807) is 12.3 Å². The summed E-state index contributed by atoms with van der Waals surface area (Å²) in [5.74, 6) is -0.896. The van der Waals surface area contributed by atoms with Crippen LogP contribution in [0.4, 0.5) is 5.69 Å². The standard InChI is InChI=1S/C22H21N3O3/c1-12-16(14-5-6-19(24-2)15(9-14)11-23)7-8-25-20(12)17(13-3-4-13)10-18(21(25)26)22(27)28/h5-11,13,23-24H,3-4H2,1-2H3,(H,27,28). The number of fused-ring (bicyclic) bond motifs is 1. The zero-order valence-electron chi connectivity index (χ0n) is 15.7. The van der Waals surface area contributed by atoms with Crippen LogP contribution in [0.25, 0.3) is 16.6 Å². The Labute approximate surface area is 162 Å². The number of aryl methyl sites for hydroxylation is 1. The number of benzene rings is 1. The topological polar surface area (TPSA) is 94.7 Å². The van der Waals surface area contributed by atoms with Gasteiger partial charge < -0.3 is 15.8 Å². The van der Waals surface area contributed by atoms with Gasteiger partial charge in [-0.1, -0.05) is 6.07 Å². The molecule has 4 rings (SSSR count). The van der Waals surface area contributed by atoms with E-state index in [0.29, 0.717) is 5.92 Å². The third kappa shape index (κ3) is 2.78. The summed E-state index contributed by atoms with van der Waals surface area (Å²) in [6.07, 6.45) is 4.98. The average Bonchev–Trinajstić information content (AvgIpc) is 3.53. The fraction of sp³-hybridized carbons (Fsp3) is 0.227. The number of nitrogens with zero attached hydrogens (tertiary/aromatic N) is 1. The van der Waals surface area contributed by atoms with Crippen molar-refractivity contribution in [2.45, 2.75) is 25.7 Å². The molecular formula is C22H21N3O3. The highest BCUT2D eigenvalue weighted by atomic mass is 16.4. The molecule has 6 nitrogen and oxygen atoms in total. The van der Waals surface area contributed by atoms with Gasteiger partial charge in [-0.15, -0.1) is 0 Å². The summed E-state index contributed by atoms with van der Waals surface area (Å²) in [6, 6.07) is 9.26. The van der Waals surface area contributed by atoms with Gasteiger partial charge in [0.2, 0.25) is 0 Å². The van der Waals surface area contributed by atoms with Crippen LogP contribution in [-0.2, 0) is 0 Å². The second-order valence-corrected chi connectivity index (χ2v) is 7.17. The molecule has 6 heteroatoms. The quantitative estimate of drug-likeness (QED) is 0.590. The van der Waals surface area contributed by atoms with Crippen LogP contribution >= 0.6 is 0 Å². The molecule has 1 aromatic carbocycles. The molecule has 0 unspecified atom stereocenters. The van der Waals surface area contributed by atoms with Crippen molar-refractivity contribution < 1.29 is 9.90 Å². The van der Waals surface area contributed by atoms with Crippen LogP contribution in [-0.4, -0.2) is 28.7 Å². The van der Waals surface area contributed by atoms with Gasteiger partial charge in [-0.05, 0) is 72.2 Å². The second kappa shape index (κ2) is 6.64. The fourth-order valence-electron chi connectivity index (χ4n) is 3.85. The SMILES string of the molecule is CNc1ccc(-c2ccn3c(=O)c(C(=O)O)cc(C4CC4)c3c2C)cc1C=N. The van der Waals surface area contributed by atoms with E-state index in [0.717, 1.165) is 51.9 Å². The Hall–Kier alpha value is -3.41. The normalized spacial score (nSPS) is 13.5. The van der Waals surface area contributed by atoms with Crippen molar-refractivity contribution in [1.29, 1.82) is 5.41 Å². The maximum absolute atomic E-state index is 12.7. The molecule has 3 N–H and O–H groups in total. The Morgan fingerprint density at radius 2 is 2.04 bits per heavy atom. The first-order chi connectivity index (χ1) is 13.5. The lowest BCUT2D eigenvalue weighted by Gasteiger charge is -2.16. The number of pyridine rings is 2. The number of aromatic carboxylic acids is 1. The fourth-order valence-corrected chi connectivity index (χ4v) is 3.85. The van der Waals surface area contributed by atoms with Crippen LogP contribution in [0, 0.1) is 12.3 Å². The van der Waals surface area contributed by atoms with E-state index in [4.69, 9.17) is 5.41 Å². The highest BCUT2D eigenvalue weighted by Crippen LogP contribution is 2.43. The summed E-state index contributed by atoms with van der Waals surface area (Å²) < 4.78 is 1.47. The molecule has 1 aliphatic carbocycles. The monoisotopic (exact) mass is 375 g/mol. The number of carboxylic acid groups (broad SMARTS) is 1. The molecule has 2 aromatic heterocycles. The van der Waals surface area contributed by atoms with Gasteiger partial charge in [0.25, 0.3) is 5.56 Å². The lowest BCUT2D eigenvalue weighted by molar-refractivity contribution is 0.0694. The van der Waals surface area contributed by atoms with E-state index in [2.05, 4.69) is 5.32 Å². The van der Waals surface area contributed by atoms with Gasteiger partial charge in [-0.2, -0.15) is 0 Å². The lowest BCUT2D eigenvalue weighted by atomic mass is 9.95. The first kappa shape index (κ1) is 18.0. The van der Waals surface area contributed by atoms with Gasteiger partial charge in [0.1, 0.15) is 5.56 Å². The maximum Gasteiger partial charge on any atom is 0.341 e. The van der Waals surface area contributed by atoms with Gasteiger partial charge in [0.15, 0.2) is 0 Å². The molecule has 142 valence electrons. The average molecular weight is 375 g/mol. The molecule has 0 bridgehead atoms. The number of nitrogens with one attached hydrogen (secondary N) is 2. The highest BCUT2D eigenvalue weighted by molar-refractivity contribution is 5.91. The van der Waals surface area contributed by atoms with E-state index in [1.165, 1.54) is 10.6 Å². The molecule has 1 saturated carbocycles. The zero-order chi connectivity index (χ0) is 20.0. The van der Waals surface area contributed by atoms with E-state index >= 15 is 0 Å². The Bertz CT molecular complexity index is 1190. The lowest BCUT2D eigenvalue weighted by Crippen LogP contribution is -2.23. The predicted octanol–water partition coefficient (Wildman–Crippen LogP) is 3.89. The smallest absolute Gasteiger partial charge is 0.341 e. The molecule has 0 amide bonds. The number of carbonyl (C=O) groups is 1. The minimum atomic E-state index is -1.19. The Morgan fingerprint density at radius 3 is 2.64 bits per heavy atom. The Balaban J connectivity index is 2.01. The first-order valence-electron chi connectivity index (χ1n) is 9.21. The van der Waals surface area contributed by atoms with E-state index in [-0.39, 0.29) is 5.56 Å². The van der Waals surface area contributed by atoms with Gasteiger partial charge in [0, 0.05) is 30.7 Å². The van der Waals surface area contributed by atoms with E-state index < -0.39 is 11.5 Å².